The average molecular weight is 385 g/mol. The summed E-state index contributed by atoms with van der Waals surface area (Å²) < 4.78 is 5.34. The number of amides is 2. The predicted octanol–water partition coefficient (Wildman–Crippen LogP) is 2.74. The van der Waals surface area contributed by atoms with Crippen LogP contribution in [0.2, 0.25) is 5.02 Å². The third kappa shape index (κ3) is 9.17. The molecule has 1 rings (SSSR count). The molecule has 0 aliphatic heterocycles. The van der Waals surface area contributed by atoms with Crippen molar-refractivity contribution in [1.82, 2.24) is 10.6 Å². The predicted molar refractivity (Wildman–Crippen MR) is 102 cm³/mol. The summed E-state index contributed by atoms with van der Waals surface area (Å²) in [6.45, 7) is 9.26. The molecule has 1 atom stereocenters. The van der Waals surface area contributed by atoms with Crippen LogP contribution >= 0.6 is 11.6 Å². The Hall–Kier alpha value is -1.63. The van der Waals surface area contributed by atoms with Crippen LogP contribution in [-0.4, -0.2) is 41.9 Å². The number of nitrogens with one attached hydrogen (secondary N) is 2. The Morgan fingerprint density at radius 2 is 1.92 bits per heavy atom. The number of carbonyl (C=O) groups excluding carboxylic acids is 2. The lowest BCUT2D eigenvalue weighted by Crippen LogP contribution is -2.43. The van der Waals surface area contributed by atoms with Gasteiger partial charge in [-0.2, -0.15) is 0 Å². The van der Waals surface area contributed by atoms with Gasteiger partial charge in [-0.1, -0.05) is 31.5 Å². The fourth-order valence-electron chi connectivity index (χ4n) is 2.17. The molecular formula is C19H29ClN2O4. The van der Waals surface area contributed by atoms with E-state index in [9.17, 15) is 14.7 Å². The quantitative estimate of drug-likeness (QED) is 0.571. The smallest absolute Gasteiger partial charge is 0.251 e. The maximum Gasteiger partial charge on any atom is 0.251 e. The molecule has 6 nitrogen and oxygen atoms in total. The van der Waals surface area contributed by atoms with Crippen LogP contribution in [0.1, 0.15) is 51.4 Å². The highest BCUT2D eigenvalue weighted by molar-refractivity contribution is 6.30. The third-order valence-electron chi connectivity index (χ3n) is 3.52. The minimum absolute atomic E-state index is 0.141. The van der Waals surface area contributed by atoms with Crippen molar-refractivity contribution < 1.29 is 19.4 Å². The maximum absolute atomic E-state index is 12.1. The molecule has 0 saturated carbocycles. The maximum atomic E-state index is 12.1. The SMILES string of the molecule is C[C@@H](CNC(=O)CC(C)(C)COC(C)(C)O)NC(=O)c1cccc(Cl)c1. The molecule has 0 radical (unpaired) electrons. The van der Waals surface area contributed by atoms with E-state index in [4.69, 9.17) is 16.3 Å². The summed E-state index contributed by atoms with van der Waals surface area (Å²) in [5, 5.41) is 15.7. The Bertz CT molecular complexity index is 626. The van der Waals surface area contributed by atoms with Gasteiger partial charge in [0.2, 0.25) is 5.91 Å². The van der Waals surface area contributed by atoms with Gasteiger partial charge in [-0.15, -0.1) is 0 Å². The molecule has 0 spiro atoms. The number of benzene rings is 1. The zero-order chi connectivity index (χ0) is 20.0. The summed E-state index contributed by atoms with van der Waals surface area (Å²) in [6, 6.07) is 6.44. The van der Waals surface area contributed by atoms with Crippen molar-refractivity contribution in [3.8, 4) is 0 Å². The molecule has 0 aliphatic rings. The summed E-state index contributed by atoms with van der Waals surface area (Å²) in [7, 11) is 0. The molecule has 3 N–H and O–H groups in total. The second-order valence-corrected chi connectivity index (χ2v) is 8.20. The number of rotatable bonds is 9. The van der Waals surface area contributed by atoms with E-state index in [0.29, 0.717) is 17.1 Å². The topological polar surface area (TPSA) is 87.7 Å². The van der Waals surface area contributed by atoms with Crippen LogP contribution in [0.4, 0.5) is 0 Å². The van der Waals surface area contributed by atoms with E-state index >= 15 is 0 Å². The Kier molecular flexibility index (Phi) is 8.06. The summed E-state index contributed by atoms with van der Waals surface area (Å²) >= 11 is 5.88. The molecule has 0 fully saturated rings. The highest BCUT2D eigenvalue weighted by Crippen LogP contribution is 2.22. The second kappa shape index (κ2) is 9.35. The van der Waals surface area contributed by atoms with Crippen molar-refractivity contribution in [2.24, 2.45) is 5.41 Å². The van der Waals surface area contributed by atoms with Gasteiger partial charge in [0.15, 0.2) is 5.79 Å². The molecule has 1 aromatic carbocycles. The third-order valence-corrected chi connectivity index (χ3v) is 3.76. The van der Waals surface area contributed by atoms with Gasteiger partial charge in [0.05, 0.1) is 6.61 Å². The molecule has 0 aliphatic carbocycles. The van der Waals surface area contributed by atoms with Crippen molar-refractivity contribution in [1.29, 1.82) is 0 Å². The minimum atomic E-state index is -1.23. The standard InChI is InChI=1S/C19H29ClN2O4/c1-13(22-17(24)14-7-6-8-15(20)9-14)11-21-16(23)10-18(2,3)12-26-19(4,5)25/h6-9,13,25H,10-12H2,1-5H3,(H,21,23)(H,22,24)/t13-/m0/s1. The Balaban J connectivity index is 2.40. The highest BCUT2D eigenvalue weighted by atomic mass is 35.5. The van der Waals surface area contributed by atoms with Gasteiger partial charge < -0.3 is 20.5 Å². The summed E-state index contributed by atoms with van der Waals surface area (Å²) in [4.78, 5) is 24.3. The second-order valence-electron chi connectivity index (χ2n) is 7.77. The van der Waals surface area contributed by atoms with E-state index in [2.05, 4.69) is 10.6 Å². The van der Waals surface area contributed by atoms with Crippen molar-refractivity contribution in [3.05, 3.63) is 34.9 Å². The summed E-state index contributed by atoms with van der Waals surface area (Å²) in [5.41, 5.74) is 0.0535. The van der Waals surface area contributed by atoms with Crippen LogP contribution in [0.25, 0.3) is 0 Å². The first-order chi connectivity index (χ1) is 11.9. The highest BCUT2D eigenvalue weighted by Gasteiger charge is 2.26. The minimum Gasteiger partial charge on any atom is -0.366 e. The zero-order valence-corrected chi connectivity index (χ0v) is 16.8. The molecule has 0 bridgehead atoms. The number of hydrogen-bond acceptors (Lipinski definition) is 4. The normalized spacial score (nSPS) is 13.2. The molecule has 7 heteroatoms. The van der Waals surface area contributed by atoms with Crippen LogP contribution < -0.4 is 10.6 Å². The molecule has 146 valence electrons. The lowest BCUT2D eigenvalue weighted by molar-refractivity contribution is -0.192. The van der Waals surface area contributed by atoms with Gasteiger partial charge >= 0.3 is 0 Å². The molecule has 0 saturated heterocycles. The molecule has 2 amide bonds. The number of ether oxygens (including phenoxy) is 1. The first-order valence-electron chi connectivity index (χ1n) is 8.57. The van der Waals surface area contributed by atoms with Gasteiger partial charge in [-0.3, -0.25) is 9.59 Å². The Morgan fingerprint density at radius 3 is 2.50 bits per heavy atom. The van der Waals surface area contributed by atoms with Crippen LogP contribution in [0.3, 0.4) is 0 Å². The Morgan fingerprint density at radius 1 is 1.27 bits per heavy atom. The monoisotopic (exact) mass is 384 g/mol. The number of halogens is 1. The van der Waals surface area contributed by atoms with Gasteiger partial charge in [0, 0.05) is 29.6 Å². The van der Waals surface area contributed by atoms with Crippen molar-refractivity contribution in [2.75, 3.05) is 13.2 Å². The largest absolute Gasteiger partial charge is 0.366 e. The van der Waals surface area contributed by atoms with Crippen LogP contribution in [0.15, 0.2) is 24.3 Å². The van der Waals surface area contributed by atoms with Crippen molar-refractivity contribution in [2.45, 2.75) is 52.9 Å². The van der Waals surface area contributed by atoms with E-state index in [1.165, 1.54) is 0 Å². The lowest BCUT2D eigenvalue weighted by Gasteiger charge is -2.28. The number of hydrogen-bond donors (Lipinski definition) is 3. The van der Waals surface area contributed by atoms with Gasteiger partial charge in [-0.05, 0) is 44.4 Å². The molecule has 26 heavy (non-hydrogen) atoms. The summed E-state index contributed by atoms with van der Waals surface area (Å²) in [5.74, 6) is -1.61. The van der Waals surface area contributed by atoms with Crippen molar-refractivity contribution in [3.63, 3.8) is 0 Å². The van der Waals surface area contributed by atoms with Crippen LogP contribution in [-0.2, 0) is 9.53 Å². The molecule has 1 aromatic rings. The molecule has 0 heterocycles. The first-order valence-corrected chi connectivity index (χ1v) is 8.95. The Labute approximate surface area is 160 Å². The summed E-state index contributed by atoms with van der Waals surface area (Å²) in [6.07, 6.45) is 0.248. The number of aliphatic hydroxyl groups is 1. The van der Waals surface area contributed by atoms with Crippen LogP contribution in [0, 0.1) is 5.41 Å². The zero-order valence-electron chi connectivity index (χ0n) is 16.1. The van der Waals surface area contributed by atoms with E-state index in [1.54, 1.807) is 38.1 Å². The van der Waals surface area contributed by atoms with Gasteiger partial charge in [0.25, 0.3) is 5.91 Å². The molecule has 0 aromatic heterocycles. The van der Waals surface area contributed by atoms with Gasteiger partial charge in [-0.25, -0.2) is 0 Å². The van der Waals surface area contributed by atoms with E-state index in [1.807, 2.05) is 20.8 Å². The lowest BCUT2D eigenvalue weighted by atomic mass is 9.90. The number of carbonyl (C=O) groups is 2. The van der Waals surface area contributed by atoms with Gasteiger partial charge in [0.1, 0.15) is 0 Å². The molecular weight excluding hydrogens is 356 g/mol. The first kappa shape index (κ1) is 22.4. The van der Waals surface area contributed by atoms with Crippen molar-refractivity contribution >= 4 is 23.4 Å². The average Bonchev–Trinajstić information content (AvgIpc) is 2.50. The van der Waals surface area contributed by atoms with Crippen LogP contribution in [0.5, 0.6) is 0 Å². The van der Waals surface area contributed by atoms with E-state index in [0.717, 1.165) is 0 Å². The van der Waals surface area contributed by atoms with E-state index in [-0.39, 0.29) is 30.9 Å². The fraction of sp³-hybridized carbons (Fsp3) is 0.579. The van der Waals surface area contributed by atoms with E-state index < -0.39 is 11.2 Å². The molecule has 0 unspecified atom stereocenters. The fourth-order valence-corrected chi connectivity index (χ4v) is 2.37.